The number of fused-ring (bicyclic) bond motifs is 1. The highest BCUT2D eigenvalue weighted by molar-refractivity contribution is 7.89. The minimum atomic E-state index is -3.83. The first kappa shape index (κ1) is 24.2. The van der Waals surface area contributed by atoms with Crippen LogP contribution in [0.1, 0.15) is 37.3 Å². The summed E-state index contributed by atoms with van der Waals surface area (Å²) in [6.07, 6.45) is 1.83. The van der Waals surface area contributed by atoms with Crippen LogP contribution in [-0.2, 0) is 26.0 Å². The van der Waals surface area contributed by atoms with E-state index in [-0.39, 0.29) is 23.3 Å². The van der Waals surface area contributed by atoms with Crippen molar-refractivity contribution in [3.05, 3.63) is 53.6 Å². The van der Waals surface area contributed by atoms with Crippen molar-refractivity contribution in [3.8, 4) is 5.75 Å². The molecule has 2 atom stereocenters. The van der Waals surface area contributed by atoms with Gasteiger partial charge in [-0.05, 0) is 49.8 Å². The molecule has 34 heavy (non-hydrogen) atoms. The van der Waals surface area contributed by atoms with Gasteiger partial charge in [0.25, 0.3) is 5.91 Å². The summed E-state index contributed by atoms with van der Waals surface area (Å²) in [5, 5.41) is 5.75. The van der Waals surface area contributed by atoms with Crippen LogP contribution in [0, 0.1) is 12.8 Å². The molecule has 0 saturated carbocycles. The van der Waals surface area contributed by atoms with Gasteiger partial charge in [0.2, 0.25) is 15.9 Å². The highest BCUT2D eigenvalue weighted by Gasteiger charge is 2.35. The molecule has 0 radical (unpaired) electrons. The van der Waals surface area contributed by atoms with Gasteiger partial charge >= 0.3 is 0 Å². The van der Waals surface area contributed by atoms with Gasteiger partial charge in [-0.25, -0.2) is 8.42 Å². The van der Waals surface area contributed by atoms with Crippen molar-refractivity contribution in [2.75, 3.05) is 25.0 Å². The van der Waals surface area contributed by atoms with Gasteiger partial charge in [0.05, 0.1) is 16.5 Å². The van der Waals surface area contributed by atoms with Gasteiger partial charge in [0, 0.05) is 25.7 Å². The quantitative estimate of drug-likeness (QED) is 0.628. The number of hydrogen-bond acceptors (Lipinski definition) is 5. The van der Waals surface area contributed by atoms with E-state index in [4.69, 9.17) is 4.74 Å². The van der Waals surface area contributed by atoms with Crippen LogP contribution in [-0.4, -0.2) is 50.3 Å². The molecule has 0 aliphatic carbocycles. The van der Waals surface area contributed by atoms with Gasteiger partial charge in [-0.3, -0.25) is 9.59 Å². The van der Waals surface area contributed by atoms with E-state index in [9.17, 15) is 18.0 Å². The first-order chi connectivity index (χ1) is 16.3. The summed E-state index contributed by atoms with van der Waals surface area (Å²) in [7, 11) is -3.83. The molecule has 182 valence electrons. The van der Waals surface area contributed by atoms with Crippen molar-refractivity contribution >= 4 is 27.5 Å². The Labute approximate surface area is 200 Å². The maximum atomic E-state index is 13.5. The third kappa shape index (κ3) is 5.10. The Morgan fingerprint density at radius 2 is 2.00 bits per heavy atom. The molecule has 2 aliphatic rings. The van der Waals surface area contributed by atoms with Crippen LogP contribution < -0.4 is 15.4 Å². The largest absolute Gasteiger partial charge is 0.478 e. The summed E-state index contributed by atoms with van der Waals surface area (Å²) >= 11 is 0. The lowest BCUT2D eigenvalue weighted by Gasteiger charge is -2.32. The van der Waals surface area contributed by atoms with Crippen molar-refractivity contribution in [1.82, 2.24) is 9.62 Å². The minimum Gasteiger partial charge on any atom is -0.478 e. The maximum absolute atomic E-state index is 13.5. The number of benzene rings is 2. The van der Waals surface area contributed by atoms with E-state index in [1.54, 1.807) is 13.0 Å². The number of hydrogen-bond donors (Lipinski definition) is 2. The average Bonchev–Trinajstić information content (AvgIpc) is 2.84. The molecule has 9 heteroatoms. The molecule has 0 spiro atoms. The van der Waals surface area contributed by atoms with Gasteiger partial charge in [-0.1, -0.05) is 37.3 Å². The predicted molar refractivity (Wildman–Crippen MR) is 129 cm³/mol. The third-order valence-corrected chi connectivity index (χ3v) is 8.40. The summed E-state index contributed by atoms with van der Waals surface area (Å²) in [4.78, 5) is 25.0. The second-order valence-corrected chi connectivity index (χ2v) is 10.8. The number of nitrogens with zero attached hydrogens (tertiary/aromatic N) is 1. The van der Waals surface area contributed by atoms with Crippen molar-refractivity contribution in [1.29, 1.82) is 0 Å². The van der Waals surface area contributed by atoms with E-state index >= 15 is 0 Å². The van der Waals surface area contributed by atoms with E-state index in [1.165, 1.54) is 10.4 Å². The van der Waals surface area contributed by atoms with Crippen LogP contribution in [0.3, 0.4) is 0 Å². The fourth-order valence-electron chi connectivity index (χ4n) is 4.46. The van der Waals surface area contributed by atoms with Crippen molar-refractivity contribution in [2.24, 2.45) is 5.92 Å². The summed E-state index contributed by atoms with van der Waals surface area (Å²) in [5.41, 5.74) is 2.13. The normalized spacial score (nSPS) is 20.7. The van der Waals surface area contributed by atoms with E-state index in [0.717, 1.165) is 12.0 Å². The van der Waals surface area contributed by atoms with Crippen molar-refractivity contribution in [2.45, 2.75) is 50.5 Å². The lowest BCUT2D eigenvalue weighted by atomic mass is 9.99. The standard InChI is InChI=1S/C25H31N3O5S/c1-3-21-25(30)27-20-14-17(2)23(15-22(20)33-21)34(31,32)28-13-7-10-19(16-28)24(29)26-12-11-18-8-5-4-6-9-18/h4-6,8-9,14-15,19,21H,3,7,10-13,16H2,1-2H3,(H,26,29)(H,27,30)/t19-,21+/m1/s1. The summed E-state index contributed by atoms with van der Waals surface area (Å²) in [6, 6.07) is 13.0. The highest BCUT2D eigenvalue weighted by atomic mass is 32.2. The van der Waals surface area contributed by atoms with Crippen LogP contribution in [0.4, 0.5) is 5.69 Å². The Hall–Kier alpha value is -2.91. The third-order valence-electron chi connectivity index (χ3n) is 6.40. The molecule has 0 aromatic heterocycles. The number of ether oxygens (including phenoxy) is 1. The smallest absolute Gasteiger partial charge is 0.265 e. The maximum Gasteiger partial charge on any atom is 0.265 e. The molecule has 1 saturated heterocycles. The number of anilines is 1. The number of aryl methyl sites for hydroxylation is 1. The Bertz CT molecular complexity index is 1170. The predicted octanol–water partition coefficient (Wildman–Crippen LogP) is 2.86. The summed E-state index contributed by atoms with van der Waals surface area (Å²) in [6.45, 7) is 4.55. The number of sulfonamides is 1. The van der Waals surface area contributed by atoms with E-state index in [0.29, 0.717) is 49.4 Å². The van der Waals surface area contributed by atoms with Crippen LogP contribution in [0.5, 0.6) is 5.75 Å². The molecule has 0 unspecified atom stereocenters. The van der Waals surface area contributed by atoms with Crippen LogP contribution in [0.2, 0.25) is 0 Å². The molecular weight excluding hydrogens is 454 g/mol. The topological polar surface area (TPSA) is 105 Å². The minimum absolute atomic E-state index is 0.116. The zero-order chi connectivity index (χ0) is 24.3. The van der Waals surface area contributed by atoms with Gasteiger partial charge < -0.3 is 15.4 Å². The molecule has 2 amide bonds. The molecule has 2 heterocycles. The molecular formula is C25H31N3O5S. The molecule has 2 aliphatic heterocycles. The van der Waals surface area contributed by atoms with Gasteiger partial charge in [0.15, 0.2) is 6.10 Å². The zero-order valence-corrected chi connectivity index (χ0v) is 20.4. The molecule has 8 nitrogen and oxygen atoms in total. The van der Waals surface area contributed by atoms with Gasteiger partial charge in [0.1, 0.15) is 5.75 Å². The van der Waals surface area contributed by atoms with E-state index in [2.05, 4.69) is 10.6 Å². The Kier molecular flexibility index (Phi) is 7.23. The summed E-state index contributed by atoms with van der Waals surface area (Å²) < 4.78 is 34.2. The van der Waals surface area contributed by atoms with Crippen LogP contribution in [0.25, 0.3) is 0 Å². The number of nitrogens with one attached hydrogen (secondary N) is 2. The Morgan fingerprint density at radius 1 is 1.24 bits per heavy atom. The van der Waals surface area contributed by atoms with Crippen LogP contribution >= 0.6 is 0 Å². The Balaban J connectivity index is 1.45. The van der Waals surface area contributed by atoms with E-state index < -0.39 is 22.0 Å². The molecule has 2 aromatic rings. The SMILES string of the molecule is CC[C@@H]1Oc2cc(S(=O)(=O)N3CCC[C@@H](C(=O)NCCc4ccccc4)C3)c(C)cc2NC1=O. The van der Waals surface area contributed by atoms with Crippen molar-refractivity contribution in [3.63, 3.8) is 0 Å². The summed E-state index contributed by atoms with van der Waals surface area (Å²) in [5.74, 6) is -0.392. The molecule has 0 bridgehead atoms. The lowest BCUT2D eigenvalue weighted by molar-refractivity contribution is -0.126. The van der Waals surface area contributed by atoms with Crippen LogP contribution in [0.15, 0.2) is 47.4 Å². The van der Waals surface area contributed by atoms with E-state index in [1.807, 2.05) is 37.3 Å². The number of amides is 2. The first-order valence-electron chi connectivity index (χ1n) is 11.7. The molecule has 4 rings (SSSR count). The number of carbonyl (C=O) groups excluding carboxylic acids is 2. The fourth-order valence-corrected chi connectivity index (χ4v) is 6.21. The Morgan fingerprint density at radius 3 is 2.74 bits per heavy atom. The highest BCUT2D eigenvalue weighted by Crippen LogP contribution is 2.36. The van der Waals surface area contributed by atoms with Crippen molar-refractivity contribution < 1.29 is 22.7 Å². The average molecular weight is 486 g/mol. The molecule has 2 N–H and O–H groups in total. The van der Waals surface area contributed by atoms with Gasteiger partial charge in [-0.2, -0.15) is 4.31 Å². The number of rotatable bonds is 7. The molecule has 1 fully saturated rings. The second-order valence-electron chi connectivity index (χ2n) is 8.85. The fraction of sp³-hybridized carbons (Fsp3) is 0.440. The lowest BCUT2D eigenvalue weighted by Crippen LogP contribution is -2.45. The second kappa shape index (κ2) is 10.1. The molecule has 2 aromatic carbocycles. The number of carbonyl (C=O) groups is 2. The van der Waals surface area contributed by atoms with Gasteiger partial charge in [-0.15, -0.1) is 0 Å². The first-order valence-corrected chi connectivity index (χ1v) is 13.2. The monoisotopic (exact) mass is 485 g/mol. The number of piperidine rings is 1. The zero-order valence-electron chi connectivity index (χ0n) is 19.5.